The summed E-state index contributed by atoms with van der Waals surface area (Å²) in [7, 11) is -4.11. The number of hydrogen-bond acceptors (Lipinski definition) is 5. The molecule has 3 aromatic rings. The molecule has 0 bridgehead atoms. The number of para-hydroxylation sites is 2. The predicted octanol–water partition coefficient (Wildman–Crippen LogP) is 4.65. The molecule has 1 saturated heterocycles. The van der Waals surface area contributed by atoms with E-state index in [1.807, 2.05) is 0 Å². The van der Waals surface area contributed by atoms with E-state index in [4.69, 9.17) is 4.74 Å². The molecule has 7 nitrogen and oxygen atoms in total. The van der Waals surface area contributed by atoms with Crippen molar-refractivity contribution in [3.63, 3.8) is 0 Å². The van der Waals surface area contributed by atoms with Gasteiger partial charge in [0.2, 0.25) is 5.91 Å². The quantitative estimate of drug-likeness (QED) is 0.411. The zero-order valence-electron chi connectivity index (χ0n) is 20.8. The number of anilines is 2. The molecule has 0 atom stereocenters. The van der Waals surface area contributed by atoms with Gasteiger partial charge in [-0.3, -0.25) is 9.10 Å². The summed E-state index contributed by atoms with van der Waals surface area (Å²) in [5.74, 6) is -0.0869. The van der Waals surface area contributed by atoms with Crippen molar-refractivity contribution in [3.8, 4) is 5.75 Å². The highest BCUT2D eigenvalue weighted by molar-refractivity contribution is 7.92. The number of hydrogen-bond donors (Lipinski definition) is 0. The summed E-state index contributed by atoms with van der Waals surface area (Å²) in [5, 5.41) is 0. The van der Waals surface area contributed by atoms with Gasteiger partial charge in [0.05, 0.1) is 22.8 Å². The highest BCUT2D eigenvalue weighted by atomic mass is 32.2. The first kappa shape index (κ1) is 27.3. The topological polar surface area (TPSA) is 70.2 Å². The zero-order valence-corrected chi connectivity index (χ0v) is 21.6. The molecule has 1 amide bonds. The van der Waals surface area contributed by atoms with E-state index < -0.39 is 34.2 Å². The molecule has 1 fully saturated rings. The van der Waals surface area contributed by atoms with Gasteiger partial charge in [0.25, 0.3) is 10.0 Å². The maximum Gasteiger partial charge on any atom is 0.416 e. The number of carbonyl (C=O) groups is 1. The van der Waals surface area contributed by atoms with E-state index in [0.717, 1.165) is 16.4 Å². The van der Waals surface area contributed by atoms with Crippen LogP contribution in [0.4, 0.5) is 24.5 Å². The fourth-order valence-electron chi connectivity index (χ4n) is 4.28. The van der Waals surface area contributed by atoms with Gasteiger partial charge in [0.15, 0.2) is 0 Å². The maximum absolute atomic E-state index is 13.7. The smallest absolute Gasteiger partial charge is 0.416 e. The lowest BCUT2D eigenvalue weighted by Crippen LogP contribution is -2.52. The van der Waals surface area contributed by atoms with Gasteiger partial charge in [0.1, 0.15) is 12.3 Å². The van der Waals surface area contributed by atoms with Gasteiger partial charge in [0, 0.05) is 31.9 Å². The number of nitrogens with zero attached hydrogens (tertiary/aromatic N) is 3. The van der Waals surface area contributed by atoms with Gasteiger partial charge in [-0.1, -0.05) is 36.4 Å². The van der Waals surface area contributed by atoms with Gasteiger partial charge < -0.3 is 14.5 Å². The van der Waals surface area contributed by atoms with Crippen LogP contribution in [-0.2, 0) is 21.0 Å². The van der Waals surface area contributed by atoms with Crippen molar-refractivity contribution in [2.24, 2.45) is 0 Å². The third kappa shape index (κ3) is 6.04. The summed E-state index contributed by atoms with van der Waals surface area (Å²) >= 11 is 0. The lowest BCUT2D eigenvalue weighted by atomic mass is 10.1. The molecule has 0 aromatic heterocycles. The van der Waals surface area contributed by atoms with Gasteiger partial charge in [-0.2, -0.15) is 13.2 Å². The Morgan fingerprint density at radius 3 is 2.24 bits per heavy atom. The average Bonchev–Trinajstić information content (AvgIpc) is 2.92. The van der Waals surface area contributed by atoms with Crippen LogP contribution in [0.15, 0.2) is 83.8 Å². The Bertz CT molecular complexity index is 1360. The van der Waals surface area contributed by atoms with E-state index in [0.29, 0.717) is 31.1 Å². The summed E-state index contributed by atoms with van der Waals surface area (Å²) in [4.78, 5) is 16.7. The molecule has 1 heterocycles. The summed E-state index contributed by atoms with van der Waals surface area (Å²) in [5.41, 5.74) is -0.0665. The Balaban J connectivity index is 1.54. The molecule has 0 spiro atoms. The number of alkyl halides is 3. The molecule has 1 aliphatic heterocycles. The maximum atomic E-state index is 13.7. The molecule has 1 aliphatic rings. The van der Waals surface area contributed by atoms with Crippen molar-refractivity contribution in [2.75, 3.05) is 48.5 Å². The van der Waals surface area contributed by atoms with Crippen molar-refractivity contribution < 1.29 is 31.1 Å². The van der Waals surface area contributed by atoms with Crippen LogP contribution >= 0.6 is 0 Å². The third-order valence-corrected chi connectivity index (χ3v) is 7.99. The number of ether oxygens (including phenoxy) is 1. The van der Waals surface area contributed by atoms with Crippen molar-refractivity contribution in [1.82, 2.24) is 4.90 Å². The lowest BCUT2D eigenvalue weighted by Gasteiger charge is -2.37. The molecule has 0 aliphatic carbocycles. The van der Waals surface area contributed by atoms with Crippen LogP contribution in [0.5, 0.6) is 5.75 Å². The second-order valence-electron chi connectivity index (χ2n) is 8.64. The number of benzene rings is 3. The Hall–Kier alpha value is -3.73. The Kier molecular flexibility index (Phi) is 8.15. The molecule has 0 N–H and O–H groups in total. The van der Waals surface area contributed by atoms with Crippen molar-refractivity contribution in [3.05, 3.63) is 84.4 Å². The fraction of sp³-hybridized carbons (Fsp3) is 0.296. The number of carbonyl (C=O) groups excluding carboxylic acids is 1. The minimum Gasteiger partial charge on any atom is -0.492 e. The normalized spacial score (nSPS) is 14.3. The van der Waals surface area contributed by atoms with Gasteiger partial charge in [-0.25, -0.2) is 8.42 Å². The lowest BCUT2D eigenvalue weighted by molar-refractivity contribution is -0.137. The van der Waals surface area contributed by atoms with Crippen LogP contribution in [-0.4, -0.2) is 58.6 Å². The first-order valence-corrected chi connectivity index (χ1v) is 13.5. The van der Waals surface area contributed by atoms with Crippen molar-refractivity contribution in [1.29, 1.82) is 0 Å². The second-order valence-corrected chi connectivity index (χ2v) is 10.5. The summed E-state index contributed by atoms with van der Waals surface area (Å²) in [6, 6.07) is 19.5. The first-order valence-electron chi connectivity index (χ1n) is 12.1. The number of piperazine rings is 1. The molecule has 11 heteroatoms. The zero-order chi connectivity index (χ0) is 27.3. The first-order chi connectivity index (χ1) is 18.1. The van der Waals surface area contributed by atoms with Crippen LogP contribution in [0.3, 0.4) is 0 Å². The van der Waals surface area contributed by atoms with Crippen LogP contribution < -0.4 is 13.9 Å². The van der Waals surface area contributed by atoms with E-state index in [9.17, 15) is 26.4 Å². The van der Waals surface area contributed by atoms with E-state index in [1.165, 1.54) is 23.1 Å². The van der Waals surface area contributed by atoms with Crippen LogP contribution in [0.2, 0.25) is 0 Å². The SMILES string of the molecule is CCOc1ccccc1N(CC(=O)N1CCN(c2cccc(C(F)(F)F)c2)CC1)S(=O)(=O)c1ccccc1. The predicted molar refractivity (Wildman–Crippen MR) is 139 cm³/mol. The molecule has 202 valence electrons. The Morgan fingerprint density at radius 1 is 0.921 bits per heavy atom. The van der Waals surface area contributed by atoms with Crippen molar-refractivity contribution >= 4 is 27.3 Å². The highest BCUT2D eigenvalue weighted by Gasteiger charge is 2.33. The monoisotopic (exact) mass is 547 g/mol. The molecule has 3 aromatic carbocycles. The van der Waals surface area contributed by atoms with E-state index >= 15 is 0 Å². The Morgan fingerprint density at radius 2 is 1.58 bits per heavy atom. The molecular weight excluding hydrogens is 519 g/mol. The van der Waals surface area contributed by atoms with Crippen LogP contribution in [0.25, 0.3) is 0 Å². The van der Waals surface area contributed by atoms with Gasteiger partial charge in [-0.15, -0.1) is 0 Å². The number of amides is 1. The van der Waals surface area contributed by atoms with Crippen LogP contribution in [0, 0.1) is 0 Å². The molecule has 4 rings (SSSR count). The van der Waals surface area contributed by atoms with E-state index in [2.05, 4.69) is 0 Å². The second kappa shape index (κ2) is 11.3. The largest absolute Gasteiger partial charge is 0.492 e. The molecule has 0 radical (unpaired) electrons. The van der Waals surface area contributed by atoms with Gasteiger partial charge >= 0.3 is 6.18 Å². The van der Waals surface area contributed by atoms with Gasteiger partial charge in [-0.05, 0) is 49.4 Å². The number of sulfonamides is 1. The molecular formula is C27H28F3N3O4S. The standard InChI is InChI=1S/C27H28F3N3O4S/c1-2-37-25-14-7-6-13-24(25)33(38(35,36)23-11-4-3-5-12-23)20-26(34)32-17-15-31(16-18-32)22-10-8-9-21(19-22)27(28,29)30/h3-14,19H,2,15-18,20H2,1H3. The minimum absolute atomic E-state index is 0.0356. The fourth-order valence-corrected chi connectivity index (χ4v) is 5.72. The number of rotatable bonds is 8. The summed E-state index contributed by atoms with van der Waals surface area (Å²) in [6.45, 7) is 2.74. The van der Waals surface area contributed by atoms with E-state index in [1.54, 1.807) is 60.4 Å². The third-order valence-electron chi connectivity index (χ3n) is 6.21. The number of halogens is 3. The van der Waals surface area contributed by atoms with Crippen LogP contribution in [0.1, 0.15) is 12.5 Å². The van der Waals surface area contributed by atoms with Crippen molar-refractivity contribution in [2.45, 2.75) is 18.0 Å². The summed E-state index contributed by atoms with van der Waals surface area (Å²) < 4.78 is 73.4. The Labute approximate surface area is 220 Å². The summed E-state index contributed by atoms with van der Waals surface area (Å²) in [6.07, 6.45) is -4.45. The van der Waals surface area contributed by atoms with E-state index in [-0.39, 0.29) is 23.7 Å². The molecule has 0 saturated carbocycles. The highest BCUT2D eigenvalue weighted by Crippen LogP contribution is 2.34. The minimum atomic E-state index is -4.45. The molecule has 0 unspecified atom stereocenters. The molecule has 38 heavy (non-hydrogen) atoms. The average molecular weight is 548 g/mol.